The second kappa shape index (κ2) is 9.58. The van der Waals surface area contributed by atoms with Gasteiger partial charge in [0.15, 0.2) is 0 Å². The van der Waals surface area contributed by atoms with Gasteiger partial charge >= 0.3 is 0 Å². The number of amides is 2. The first-order valence-corrected chi connectivity index (χ1v) is 10.1. The van der Waals surface area contributed by atoms with E-state index in [9.17, 15) is 19.7 Å². The Kier molecular flexibility index (Phi) is 6.89. The van der Waals surface area contributed by atoms with E-state index >= 15 is 0 Å². The monoisotopic (exact) mass is 430 g/mol. The van der Waals surface area contributed by atoms with E-state index in [1.807, 2.05) is 17.9 Å². The lowest BCUT2D eigenvalue weighted by Crippen LogP contribution is -2.48. The van der Waals surface area contributed by atoms with Crippen LogP contribution < -0.4 is 10.2 Å². The topological polar surface area (TPSA) is 95.8 Å². The first-order chi connectivity index (χ1) is 14.4. The van der Waals surface area contributed by atoms with Crippen molar-refractivity contribution in [1.82, 2.24) is 4.90 Å². The highest BCUT2D eigenvalue weighted by Crippen LogP contribution is 2.30. The summed E-state index contributed by atoms with van der Waals surface area (Å²) in [6.07, 6.45) is 1.41. The number of nitrogens with one attached hydrogen (secondary N) is 1. The third-order valence-electron chi connectivity index (χ3n) is 4.96. The third-order valence-corrected chi connectivity index (χ3v) is 5.26. The smallest absolute Gasteiger partial charge is 0.270 e. The number of anilines is 2. The Bertz CT molecular complexity index is 958. The quantitative estimate of drug-likeness (QED) is 0.553. The van der Waals surface area contributed by atoms with Crippen LogP contribution in [-0.2, 0) is 4.79 Å². The number of nitrogens with zero attached hydrogens (tertiary/aromatic N) is 3. The van der Waals surface area contributed by atoms with Crippen LogP contribution in [0.5, 0.6) is 0 Å². The van der Waals surface area contributed by atoms with Gasteiger partial charge in [0.2, 0.25) is 5.91 Å². The molecule has 158 valence electrons. The lowest BCUT2D eigenvalue weighted by atomic mass is 10.1. The lowest BCUT2D eigenvalue weighted by Gasteiger charge is -2.36. The molecule has 0 aliphatic carbocycles. The number of piperazine rings is 1. The molecule has 1 heterocycles. The van der Waals surface area contributed by atoms with Gasteiger partial charge in [-0.25, -0.2) is 0 Å². The van der Waals surface area contributed by atoms with E-state index in [0.29, 0.717) is 43.3 Å². The SMILES string of the molecule is CCCC(=O)N1CCN(c2ccc(NC(=O)c3cccc([N+](=O)[O-])c3)cc2Cl)CC1. The summed E-state index contributed by atoms with van der Waals surface area (Å²) >= 11 is 6.44. The van der Waals surface area contributed by atoms with Crippen LogP contribution in [0.25, 0.3) is 0 Å². The summed E-state index contributed by atoms with van der Waals surface area (Å²) in [7, 11) is 0. The van der Waals surface area contributed by atoms with Crippen molar-refractivity contribution in [3.05, 3.63) is 63.2 Å². The van der Waals surface area contributed by atoms with Gasteiger partial charge in [-0.1, -0.05) is 24.6 Å². The molecule has 1 aliphatic heterocycles. The molecule has 1 N–H and O–H groups in total. The van der Waals surface area contributed by atoms with Crippen LogP contribution in [0.3, 0.4) is 0 Å². The Labute approximate surface area is 179 Å². The maximum atomic E-state index is 12.4. The fraction of sp³-hybridized carbons (Fsp3) is 0.333. The molecule has 1 aliphatic rings. The van der Waals surface area contributed by atoms with Crippen LogP contribution in [0.2, 0.25) is 5.02 Å². The summed E-state index contributed by atoms with van der Waals surface area (Å²) < 4.78 is 0. The lowest BCUT2D eigenvalue weighted by molar-refractivity contribution is -0.384. The number of carbonyl (C=O) groups excluding carboxylic acids is 2. The van der Waals surface area contributed by atoms with Gasteiger partial charge in [-0.2, -0.15) is 0 Å². The molecule has 2 aromatic carbocycles. The molecule has 8 nitrogen and oxygen atoms in total. The van der Waals surface area contributed by atoms with E-state index in [1.54, 1.807) is 12.1 Å². The second-order valence-electron chi connectivity index (χ2n) is 7.05. The van der Waals surface area contributed by atoms with Gasteiger partial charge in [0.1, 0.15) is 0 Å². The molecule has 0 radical (unpaired) electrons. The van der Waals surface area contributed by atoms with E-state index in [4.69, 9.17) is 11.6 Å². The van der Waals surface area contributed by atoms with Gasteiger partial charge in [-0.3, -0.25) is 19.7 Å². The van der Waals surface area contributed by atoms with Gasteiger partial charge in [0, 0.05) is 56.0 Å². The van der Waals surface area contributed by atoms with E-state index in [0.717, 1.165) is 12.1 Å². The van der Waals surface area contributed by atoms with Gasteiger partial charge < -0.3 is 15.1 Å². The molecule has 0 aromatic heterocycles. The van der Waals surface area contributed by atoms with E-state index < -0.39 is 10.8 Å². The second-order valence-corrected chi connectivity index (χ2v) is 7.45. The zero-order valence-electron chi connectivity index (χ0n) is 16.6. The summed E-state index contributed by atoms with van der Waals surface area (Å²) in [6.45, 7) is 4.68. The van der Waals surface area contributed by atoms with Gasteiger partial charge in [0.05, 0.1) is 15.6 Å². The number of non-ortho nitro benzene ring substituents is 1. The number of rotatable bonds is 6. The van der Waals surface area contributed by atoms with E-state index in [-0.39, 0.29) is 17.2 Å². The van der Waals surface area contributed by atoms with Crippen LogP contribution in [-0.4, -0.2) is 47.8 Å². The molecule has 2 amide bonds. The number of nitro groups is 1. The molecule has 3 rings (SSSR count). The van der Waals surface area contributed by atoms with Crippen molar-refractivity contribution < 1.29 is 14.5 Å². The molecular weight excluding hydrogens is 408 g/mol. The van der Waals surface area contributed by atoms with Crippen LogP contribution >= 0.6 is 11.6 Å². The molecule has 0 unspecified atom stereocenters. The van der Waals surface area contributed by atoms with Crippen LogP contribution in [0.1, 0.15) is 30.1 Å². The number of hydrogen-bond donors (Lipinski definition) is 1. The molecule has 1 fully saturated rings. The average Bonchev–Trinajstić information content (AvgIpc) is 2.74. The van der Waals surface area contributed by atoms with Crippen LogP contribution in [0.15, 0.2) is 42.5 Å². The molecule has 0 spiro atoms. The summed E-state index contributed by atoms with van der Waals surface area (Å²) in [5.74, 6) is -0.270. The molecule has 0 saturated carbocycles. The number of carbonyl (C=O) groups is 2. The predicted molar refractivity (Wildman–Crippen MR) is 116 cm³/mol. The van der Waals surface area contributed by atoms with E-state index in [2.05, 4.69) is 10.2 Å². The largest absolute Gasteiger partial charge is 0.367 e. The highest BCUT2D eigenvalue weighted by Gasteiger charge is 2.22. The highest BCUT2D eigenvalue weighted by molar-refractivity contribution is 6.33. The summed E-state index contributed by atoms with van der Waals surface area (Å²) in [5.41, 5.74) is 1.38. The van der Waals surface area contributed by atoms with Crippen molar-refractivity contribution in [2.45, 2.75) is 19.8 Å². The number of halogens is 1. The fourth-order valence-electron chi connectivity index (χ4n) is 3.37. The molecule has 0 bridgehead atoms. The Morgan fingerprint density at radius 2 is 1.87 bits per heavy atom. The minimum Gasteiger partial charge on any atom is -0.367 e. The third kappa shape index (κ3) is 5.07. The zero-order valence-corrected chi connectivity index (χ0v) is 17.4. The van der Waals surface area contributed by atoms with Crippen molar-refractivity contribution in [2.24, 2.45) is 0 Å². The minimum atomic E-state index is -0.544. The van der Waals surface area contributed by atoms with Crippen LogP contribution in [0.4, 0.5) is 17.1 Å². The minimum absolute atomic E-state index is 0.146. The summed E-state index contributed by atoms with van der Waals surface area (Å²) in [6, 6.07) is 10.8. The van der Waals surface area contributed by atoms with Crippen molar-refractivity contribution >= 4 is 40.5 Å². The average molecular weight is 431 g/mol. The fourth-order valence-corrected chi connectivity index (χ4v) is 3.67. The predicted octanol–water partition coefficient (Wildman–Crippen LogP) is 3.95. The molecule has 30 heavy (non-hydrogen) atoms. The van der Waals surface area contributed by atoms with Crippen LogP contribution in [0, 0.1) is 10.1 Å². The van der Waals surface area contributed by atoms with Gasteiger partial charge in [-0.05, 0) is 30.7 Å². The normalized spacial score (nSPS) is 13.8. The van der Waals surface area contributed by atoms with Crippen molar-refractivity contribution in [3.8, 4) is 0 Å². The number of hydrogen-bond acceptors (Lipinski definition) is 5. The Balaban J connectivity index is 1.64. The first kappa shape index (κ1) is 21.6. The van der Waals surface area contributed by atoms with Crippen molar-refractivity contribution in [1.29, 1.82) is 0 Å². The Hall–Kier alpha value is -3.13. The van der Waals surface area contributed by atoms with Gasteiger partial charge in [-0.15, -0.1) is 0 Å². The summed E-state index contributed by atoms with van der Waals surface area (Å²) in [4.78, 5) is 38.8. The number of benzene rings is 2. The zero-order chi connectivity index (χ0) is 21.7. The van der Waals surface area contributed by atoms with Gasteiger partial charge in [0.25, 0.3) is 11.6 Å². The summed E-state index contributed by atoms with van der Waals surface area (Å²) in [5, 5.41) is 14.1. The molecule has 1 saturated heterocycles. The maximum Gasteiger partial charge on any atom is 0.270 e. The van der Waals surface area contributed by atoms with E-state index in [1.165, 1.54) is 24.3 Å². The Morgan fingerprint density at radius 3 is 2.50 bits per heavy atom. The maximum absolute atomic E-state index is 12.4. The molecule has 0 atom stereocenters. The van der Waals surface area contributed by atoms with Crippen molar-refractivity contribution in [2.75, 3.05) is 36.4 Å². The standard InChI is InChI=1S/C21H23ClN4O4/c1-2-4-20(27)25-11-9-24(10-12-25)19-8-7-16(14-18(19)22)23-21(28)15-5-3-6-17(13-15)26(29)30/h3,5-8,13-14H,2,4,9-12H2,1H3,(H,23,28). The molecule has 9 heteroatoms. The number of nitro benzene ring substituents is 1. The highest BCUT2D eigenvalue weighted by atomic mass is 35.5. The Morgan fingerprint density at radius 1 is 1.13 bits per heavy atom. The molecule has 2 aromatic rings. The first-order valence-electron chi connectivity index (χ1n) is 9.77. The molecular formula is C21H23ClN4O4. The van der Waals surface area contributed by atoms with Crippen molar-refractivity contribution in [3.63, 3.8) is 0 Å².